The highest BCUT2D eigenvalue weighted by Crippen LogP contribution is 2.24. The quantitative estimate of drug-likeness (QED) is 0.133. The lowest BCUT2D eigenvalue weighted by Crippen LogP contribution is -2.59. The van der Waals surface area contributed by atoms with Crippen molar-refractivity contribution in [3.8, 4) is 11.1 Å². The van der Waals surface area contributed by atoms with Crippen molar-refractivity contribution in [2.75, 3.05) is 14.2 Å². The zero-order valence-electron chi connectivity index (χ0n) is 31.9. The van der Waals surface area contributed by atoms with Gasteiger partial charge in [0.15, 0.2) is 0 Å². The summed E-state index contributed by atoms with van der Waals surface area (Å²) < 4.78 is 9.56. The van der Waals surface area contributed by atoms with E-state index in [0.29, 0.717) is 12.1 Å². The summed E-state index contributed by atoms with van der Waals surface area (Å²) in [7, 11) is 2.44. The summed E-state index contributed by atoms with van der Waals surface area (Å²) >= 11 is 0. The Morgan fingerprint density at radius 2 is 1.19 bits per heavy atom. The average Bonchev–Trinajstić information content (AvgIpc) is 3.11. The molecule has 3 aromatic rings. The molecule has 288 valence electrons. The average molecular weight is 734 g/mol. The Hall–Kier alpha value is -5.01. The molecule has 13 heteroatoms. The molecule has 0 unspecified atom stereocenters. The molecule has 4 amide bonds. The first-order valence-corrected chi connectivity index (χ1v) is 17.6. The van der Waals surface area contributed by atoms with E-state index in [1.54, 1.807) is 33.0 Å². The summed E-state index contributed by atoms with van der Waals surface area (Å²) in [5.41, 5.74) is 2.63. The molecule has 0 bridgehead atoms. The minimum Gasteiger partial charge on any atom is -0.453 e. The first-order valence-electron chi connectivity index (χ1n) is 17.6. The fraction of sp³-hybridized carbons (Fsp3) is 0.475. The van der Waals surface area contributed by atoms with Gasteiger partial charge in [-0.25, -0.2) is 9.59 Å². The summed E-state index contributed by atoms with van der Waals surface area (Å²) in [4.78, 5) is 56.4. The van der Waals surface area contributed by atoms with Crippen molar-refractivity contribution in [1.29, 1.82) is 0 Å². The first-order chi connectivity index (χ1) is 24.9. The van der Waals surface area contributed by atoms with E-state index in [1.165, 1.54) is 14.2 Å². The van der Waals surface area contributed by atoms with E-state index >= 15 is 0 Å². The van der Waals surface area contributed by atoms with Crippen LogP contribution in [0.1, 0.15) is 64.8 Å². The maximum atomic E-state index is 13.9. The summed E-state index contributed by atoms with van der Waals surface area (Å²) in [6.45, 7) is 10.7. The Labute approximate surface area is 312 Å². The van der Waals surface area contributed by atoms with E-state index in [4.69, 9.17) is 9.47 Å². The molecule has 1 aromatic heterocycles. The number of nitrogens with one attached hydrogen (secondary N) is 4. The highest BCUT2D eigenvalue weighted by Gasteiger charge is 2.37. The molecule has 0 saturated carbocycles. The van der Waals surface area contributed by atoms with Gasteiger partial charge in [-0.3, -0.25) is 14.6 Å². The minimum absolute atomic E-state index is 0.0340. The summed E-state index contributed by atoms with van der Waals surface area (Å²) in [6.07, 6.45) is -0.416. The van der Waals surface area contributed by atoms with Crippen LogP contribution in [0.3, 0.4) is 0 Å². The largest absolute Gasteiger partial charge is 0.453 e. The topological polar surface area (TPSA) is 188 Å². The fourth-order valence-corrected chi connectivity index (χ4v) is 5.86. The molecule has 0 aliphatic carbocycles. The van der Waals surface area contributed by atoms with Crippen LogP contribution < -0.4 is 21.3 Å². The number of hydrogen-bond donors (Lipinski definition) is 6. The van der Waals surface area contributed by atoms with Crippen molar-refractivity contribution in [2.24, 2.45) is 10.8 Å². The van der Waals surface area contributed by atoms with E-state index in [9.17, 15) is 29.4 Å². The third kappa shape index (κ3) is 13.2. The molecule has 0 radical (unpaired) electrons. The van der Waals surface area contributed by atoms with Gasteiger partial charge in [-0.15, -0.1) is 0 Å². The van der Waals surface area contributed by atoms with Crippen LogP contribution in [0.15, 0.2) is 72.9 Å². The van der Waals surface area contributed by atoms with Gasteiger partial charge in [0.25, 0.3) is 0 Å². The van der Waals surface area contributed by atoms with Crippen molar-refractivity contribution >= 4 is 24.0 Å². The normalized spacial score (nSPS) is 14.5. The Kier molecular flexibility index (Phi) is 15.3. The number of carbonyl (C=O) groups is 4. The van der Waals surface area contributed by atoms with Crippen molar-refractivity contribution in [3.05, 3.63) is 89.7 Å². The number of aromatic nitrogens is 1. The number of nitrogens with zero attached hydrogens (tertiary/aromatic N) is 1. The third-order valence-electron chi connectivity index (χ3n) is 8.87. The van der Waals surface area contributed by atoms with Gasteiger partial charge in [0.1, 0.15) is 12.1 Å². The van der Waals surface area contributed by atoms with Gasteiger partial charge in [-0.05, 0) is 52.8 Å². The first kappa shape index (κ1) is 42.4. The second-order valence-corrected chi connectivity index (χ2v) is 15.3. The zero-order valence-corrected chi connectivity index (χ0v) is 31.9. The van der Waals surface area contributed by atoms with Crippen LogP contribution >= 0.6 is 0 Å². The van der Waals surface area contributed by atoms with Gasteiger partial charge in [-0.1, -0.05) is 102 Å². The molecule has 1 heterocycles. The van der Waals surface area contributed by atoms with Gasteiger partial charge in [0, 0.05) is 17.8 Å². The number of aliphatic hydroxyl groups is 2. The van der Waals surface area contributed by atoms with Crippen molar-refractivity contribution < 1.29 is 38.9 Å². The Bertz CT molecular complexity index is 1640. The zero-order chi connectivity index (χ0) is 39.3. The van der Waals surface area contributed by atoms with Crippen LogP contribution in [0.4, 0.5) is 9.59 Å². The molecule has 13 nitrogen and oxygen atoms in total. The lowest BCUT2D eigenvalue weighted by atomic mass is 9.85. The Morgan fingerprint density at radius 3 is 1.66 bits per heavy atom. The van der Waals surface area contributed by atoms with Crippen molar-refractivity contribution in [3.63, 3.8) is 0 Å². The second kappa shape index (κ2) is 19.2. The number of methoxy groups -OCH3 is 2. The molecule has 5 atom stereocenters. The lowest BCUT2D eigenvalue weighted by molar-refractivity contribution is -0.128. The van der Waals surface area contributed by atoms with Crippen LogP contribution in [0, 0.1) is 10.8 Å². The molecule has 0 aliphatic rings. The van der Waals surface area contributed by atoms with E-state index < -0.39 is 65.1 Å². The monoisotopic (exact) mass is 733 g/mol. The molecular formula is C40H55N5O8. The van der Waals surface area contributed by atoms with Crippen LogP contribution in [-0.4, -0.2) is 83.7 Å². The number of ether oxygens (including phenoxy) is 2. The second-order valence-electron chi connectivity index (χ2n) is 15.3. The van der Waals surface area contributed by atoms with Gasteiger partial charge in [0.05, 0.1) is 38.7 Å². The number of carbonyl (C=O) groups excluding carboxylic acids is 4. The van der Waals surface area contributed by atoms with Crippen LogP contribution in [0.2, 0.25) is 0 Å². The molecule has 0 aliphatic heterocycles. The standard InChI is InChI=1S/C40H55N5O8/c1-39(2,3)33(44-37(50)52-7)35(48)42-30(20-25-12-10-9-11-13-25)22-32(47)31(43-36(49)34(40(4,5)6)45-38(51)53-8)21-26-14-16-27(17-15-26)28-18-19-29(24-46)41-23-28/h9-19,23,30-34,46-47H,20-22,24H2,1-8H3,(H,42,48)(H,43,49)(H,44,50)(H,45,51)/t30-,31-,32-,33+,34+/m0/s1. The molecule has 2 aromatic carbocycles. The predicted molar refractivity (Wildman–Crippen MR) is 201 cm³/mol. The maximum absolute atomic E-state index is 13.9. The molecule has 0 spiro atoms. The van der Waals surface area contributed by atoms with Crippen LogP contribution in [0.25, 0.3) is 11.1 Å². The molecule has 6 N–H and O–H groups in total. The van der Waals surface area contributed by atoms with Crippen molar-refractivity contribution in [2.45, 2.75) is 97.7 Å². The Morgan fingerprint density at radius 1 is 0.679 bits per heavy atom. The number of amides is 4. The number of aliphatic hydroxyl groups excluding tert-OH is 2. The summed E-state index contributed by atoms with van der Waals surface area (Å²) in [6, 6.07) is 17.3. The van der Waals surface area contributed by atoms with Crippen LogP contribution in [-0.2, 0) is 38.5 Å². The molecular weight excluding hydrogens is 678 g/mol. The number of alkyl carbamates (subject to hydrolysis) is 2. The van der Waals surface area contributed by atoms with E-state index in [-0.39, 0.29) is 19.4 Å². The van der Waals surface area contributed by atoms with Gasteiger partial charge in [0.2, 0.25) is 11.8 Å². The fourth-order valence-electron chi connectivity index (χ4n) is 5.86. The minimum atomic E-state index is -1.18. The van der Waals surface area contributed by atoms with E-state index in [1.807, 2.05) is 81.4 Å². The van der Waals surface area contributed by atoms with E-state index in [0.717, 1.165) is 22.3 Å². The van der Waals surface area contributed by atoms with E-state index in [2.05, 4.69) is 26.3 Å². The Balaban J connectivity index is 1.96. The smallest absolute Gasteiger partial charge is 0.407 e. The summed E-state index contributed by atoms with van der Waals surface area (Å²) in [5, 5.41) is 32.6. The highest BCUT2D eigenvalue weighted by molar-refractivity contribution is 5.87. The van der Waals surface area contributed by atoms with Gasteiger partial charge >= 0.3 is 12.2 Å². The molecule has 53 heavy (non-hydrogen) atoms. The molecule has 0 fully saturated rings. The number of pyridine rings is 1. The highest BCUT2D eigenvalue weighted by atomic mass is 16.5. The molecule has 0 saturated heterocycles. The number of rotatable bonds is 15. The number of benzene rings is 2. The van der Waals surface area contributed by atoms with Gasteiger partial charge in [-0.2, -0.15) is 0 Å². The van der Waals surface area contributed by atoms with Gasteiger partial charge < -0.3 is 41.0 Å². The van der Waals surface area contributed by atoms with Crippen molar-refractivity contribution in [1.82, 2.24) is 26.3 Å². The maximum Gasteiger partial charge on any atom is 0.407 e. The summed E-state index contributed by atoms with van der Waals surface area (Å²) in [5.74, 6) is -0.971. The molecule has 3 rings (SSSR count). The SMILES string of the molecule is COC(=O)N[C@H](C(=O)N[C@@H](Cc1ccccc1)C[C@H](O)[C@H](Cc1ccc(-c2ccc(CO)nc2)cc1)NC(=O)[C@@H](NC(=O)OC)C(C)(C)C)C(C)(C)C. The predicted octanol–water partition coefficient (Wildman–Crippen LogP) is 4.29. The third-order valence-corrected chi connectivity index (χ3v) is 8.87. The lowest BCUT2D eigenvalue weighted by Gasteiger charge is -2.34. The van der Waals surface area contributed by atoms with Crippen LogP contribution in [0.5, 0.6) is 0 Å². The number of hydrogen-bond acceptors (Lipinski definition) is 9.